The first-order valence-corrected chi connectivity index (χ1v) is 49.5. The molecule has 0 saturated carbocycles. The first-order valence-electron chi connectivity index (χ1n) is 49.5. The molecule has 0 heterocycles. The Morgan fingerprint density at radius 1 is 0.152 bits per heavy atom. The molecule has 0 amide bonds. The lowest BCUT2D eigenvalue weighted by molar-refractivity contribution is -0.167. The zero-order valence-electron chi connectivity index (χ0n) is 72.6. The van der Waals surface area contributed by atoms with Crippen LogP contribution < -0.4 is 0 Å². The van der Waals surface area contributed by atoms with Gasteiger partial charge < -0.3 is 14.2 Å². The van der Waals surface area contributed by atoms with Gasteiger partial charge in [0.1, 0.15) is 13.2 Å². The van der Waals surface area contributed by atoms with E-state index in [0.717, 1.165) is 57.8 Å². The van der Waals surface area contributed by atoms with E-state index in [1.54, 1.807) is 0 Å². The Morgan fingerprint density at radius 2 is 0.257 bits per heavy atom. The van der Waals surface area contributed by atoms with Crippen molar-refractivity contribution in [1.82, 2.24) is 0 Å². The highest BCUT2D eigenvalue weighted by atomic mass is 16.6. The number of ether oxygens (including phenoxy) is 3. The Morgan fingerprint density at radius 3 is 0.381 bits per heavy atom. The minimum absolute atomic E-state index is 0.0589. The predicted octanol–water partition coefficient (Wildman–Crippen LogP) is 35.2. The zero-order chi connectivity index (χ0) is 75.5. The van der Waals surface area contributed by atoms with E-state index in [0.29, 0.717) is 19.3 Å². The van der Waals surface area contributed by atoms with E-state index in [4.69, 9.17) is 14.2 Å². The molecule has 626 valence electrons. The van der Waals surface area contributed by atoms with Crippen LogP contribution in [0.4, 0.5) is 0 Å². The van der Waals surface area contributed by atoms with Gasteiger partial charge in [0.05, 0.1) is 0 Å². The van der Waals surface area contributed by atoms with Crippen molar-refractivity contribution in [2.24, 2.45) is 0 Å². The fourth-order valence-corrected chi connectivity index (χ4v) is 16.2. The van der Waals surface area contributed by atoms with Crippen LogP contribution in [0.15, 0.2) is 0 Å². The van der Waals surface area contributed by atoms with E-state index >= 15 is 0 Å². The molecule has 0 unspecified atom stereocenters. The summed E-state index contributed by atoms with van der Waals surface area (Å²) in [5, 5.41) is 0. The fourth-order valence-electron chi connectivity index (χ4n) is 16.2. The van der Waals surface area contributed by atoms with Crippen LogP contribution >= 0.6 is 0 Å². The van der Waals surface area contributed by atoms with Crippen LogP contribution in [0.5, 0.6) is 0 Å². The van der Waals surface area contributed by atoms with Crippen LogP contribution in [0.3, 0.4) is 0 Å². The van der Waals surface area contributed by atoms with Gasteiger partial charge in [-0.3, -0.25) is 14.4 Å². The molecule has 0 bridgehead atoms. The number of rotatable bonds is 95. The number of carbonyl (C=O) groups excluding carboxylic acids is 3. The van der Waals surface area contributed by atoms with Gasteiger partial charge in [-0.05, 0) is 19.3 Å². The molecule has 0 aromatic carbocycles. The summed E-state index contributed by atoms with van der Waals surface area (Å²) in [6.45, 7) is 6.80. The highest BCUT2D eigenvalue weighted by Crippen LogP contribution is 2.23. The van der Waals surface area contributed by atoms with Gasteiger partial charge in [-0.15, -0.1) is 0 Å². The summed E-state index contributed by atoms with van der Waals surface area (Å²) < 4.78 is 17.2. The van der Waals surface area contributed by atoms with Crippen molar-refractivity contribution >= 4 is 17.9 Å². The Bertz CT molecular complexity index is 1530. The zero-order valence-corrected chi connectivity index (χ0v) is 72.6. The van der Waals surface area contributed by atoms with Gasteiger partial charge >= 0.3 is 17.9 Å². The summed E-state index contributed by atoms with van der Waals surface area (Å²) in [5.41, 5.74) is 0. The molecule has 105 heavy (non-hydrogen) atoms. The molecule has 6 nitrogen and oxygen atoms in total. The normalized spacial score (nSPS) is 11.7. The topological polar surface area (TPSA) is 78.9 Å². The van der Waals surface area contributed by atoms with E-state index in [1.807, 2.05) is 0 Å². The lowest BCUT2D eigenvalue weighted by Gasteiger charge is -2.18. The monoisotopic (exact) mass is 1480 g/mol. The highest BCUT2D eigenvalue weighted by molar-refractivity contribution is 5.71. The molecule has 6 heteroatoms. The Hall–Kier alpha value is -1.59. The van der Waals surface area contributed by atoms with Crippen molar-refractivity contribution in [3.8, 4) is 0 Å². The summed E-state index contributed by atoms with van der Waals surface area (Å²) in [6, 6.07) is 0. The summed E-state index contributed by atoms with van der Waals surface area (Å²) in [7, 11) is 0. The average molecular weight is 1480 g/mol. The maximum Gasteiger partial charge on any atom is 0.306 e. The van der Waals surface area contributed by atoms with Crippen LogP contribution in [0.2, 0.25) is 0 Å². The van der Waals surface area contributed by atoms with Crippen LogP contribution in [0, 0.1) is 0 Å². The smallest absolute Gasteiger partial charge is 0.306 e. The number of unbranched alkanes of at least 4 members (excludes halogenated alkanes) is 84. The van der Waals surface area contributed by atoms with Crippen molar-refractivity contribution in [3.63, 3.8) is 0 Å². The molecule has 0 aliphatic rings. The first-order chi connectivity index (χ1) is 52.0. The minimum Gasteiger partial charge on any atom is -0.462 e. The van der Waals surface area contributed by atoms with E-state index in [9.17, 15) is 14.4 Å². The van der Waals surface area contributed by atoms with E-state index in [-0.39, 0.29) is 31.1 Å². The highest BCUT2D eigenvalue weighted by Gasteiger charge is 2.20. The van der Waals surface area contributed by atoms with Crippen molar-refractivity contribution < 1.29 is 28.6 Å². The summed E-state index contributed by atoms with van der Waals surface area (Å²) >= 11 is 0. The van der Waals surface area contributed by atoms with Crippen molar-refractivity contribution in [2.45, 2.75) is 605 Å². The minimum atomic E-state index is -0.767. The molecular weight excluding hydrogens is 1290 g/mol. The van der Waals surface area contributed by atoms with Crippen LogP contribution in [0.25, 0.3) is 0 Å². The molecule has 0 saturated heterocycles. The van der Waals surface area contributed by atoms with Gasteiger partial charge in [-0.25, -0.2) is 0 Å². The number of carbonyl (C=O) groups is 3. The third-order valence-corrected chi connectivity index (χ3v) is 23.6. The van der Waals surface area contributed by atoms with Gasteiger partial charge in [0.15, 0.2) is 6.10 Å². The summed E-state index contributed by atoms with van der Waals surface area (Å²) in [5.74, 6) is -0.799. The van der Waals surface area contributed by atoms with Crippen molar-refractivity contribution in [1.29, 1.82) is 0 Å². The molecule has 0 aliphatic carbocycles. The number of esters is 3. The molecule has 0 spiro atoms. The third-order valence-electron chi connectivity index (χ3n) is 23.6. The molecule has 0 radical (unpaired) electrons. The van der Waals surface area contributed by atoms with Crippen LogP contribution in [-0.4, -0.2) is 37.2 Å². The van der Waals surface area contributed by atoms with Gasteiger partial charge in [-0.1, -0.05) is 560 Å². The first kappa shape index (κ1) is 103. The lowest BCUT2D eigenvalue weighted by atomic mass is 10.0. The molecular formula is C99H194O6. The van der Waals surface area contributed by atoms with Crippen LogP contribution in [0.1, 0.15) is 599 Å². The standard InChI is InChI=1S/C99H194O6/c1-4-7-10-13-16-19-22-25-28-31-34-37-40-43-46-49-52-55-58-61-64-67-70-73-76-79-82-85-88-91-97(100)103-94-96(105-99(102)93-90-87-84-81-78-75-72-69-66-63-60-57-54-51-48-45-42-39-36-33-30-27-24-21-18-15-12-9-6-3)95-104-98(101)92-89-86-83-80-77-74-71-68-65-62-59-56-53-50-47-44-41-38-35-32-29-26-23-20-17-14-11-8-5-2/h96H,4-95H2,1-3H3. The SMILES string of the molecule is CCCCCCCCCCCCCCCCCCCCCCCCCCCCCCCC(=O)OCC(COC(=O)CCCCCCCCCCCCCCCCCCCCCCCCCCCCCCC)OC(=O)CCCCCCCCCCCCCCCCCCCCCCCCCCCCCCC. The summed E-state index contributed by atoms with van der Waals surface area (Å²) in [6.07, 6.45) is 120. The van der Waals surface area contributed by atoms with E-state index < -0.39 is 6.10 Å². The van der Waals surface area contributed by atoms with Gasteiger partial charge in [0.25, 0.3) is 0 Å². The average Bonchev–Trinajstić information content (AvgIpc) is 1.03. The van der Waals surface area contributed by atoms with E-state index in [2.05, 4.69) is 20.8 Å². The maximum absolute atomic E-state index is 13.1. The second-order valence-electron chi connectivity index (χ2n) is 34.4. The Balaban J connectivity index is 4.23. The van der Waals surface area contributed by atoms with Crippen molar-refractivity contribution in [2.75, 3.05) is 13.2 Å². The second kappa shape index (κ2) is 94.8. The van der Waals surface area contributed by atoms with Crippen molar-refractivity contribution in [3.05, 3.63) is 0 Å². The fraction of sp³-hybridized carbons (Fsp3) is 0.970. The van der Waals surface area contributed by atoms with Gasteiger partial charge in [0, 0.05) is 19.3 Å². The third kappa shape index (κ3) is 92.9. The molecule has 0 fully saturated rings. The molecule has 0 N–H and O–H groups in total. The van der Waals surface area contributed by atoms with Gasteiger partial charge in [0.2, 0.25) is 0 Å². The quantitative estimate of drug-likeness (QED) is 0.0343. The summed E-state index contributed by atoms with van der Waals surface area (Å²) in [4.78, 5) is 38.9. The molecule has 0 atom stereocenters. The van der Waals surface area contributed by atoms with Gasteiger partial charge in [-0.2, -0.15) is 0 Å². The largest absolute Gasteiger partial charge is 0.462 e. The van der Waals surface area contributed by atoms with E-state index in [1.165, 1.54) is 501 Å². The Labute approximate surface area is 660 Å². The second-order valence-corrected chi connectivity index (χ2v) is 34.4. The molecule has 0 aromatic heterocycles. The molecule has 0 rings (SSSR count). The number of hydrogen-bond acceptors (Lipinski definition) is 6. The lowest BCUT2D eigenvalue weighted by Crippen LogP contribution is -2.30. The maximum atomic E-state index is 13.1. The molecule has 0 aromatic rings. The predicted molar refractivity (Wildman–Crippen MR) is 464 cm³/mol. The number of hydrogen-bond donors (Lipinski definition) is 0. The van der Waals surface area contributed by atoms with Crippen LogP contribution in [-0.2, 0) is 28.6 Å². The molecule has 0 aliphatic heterocycles. The Kier molecular flexibility index (Phi) is 93.3.